The highest BCUT2D eigenvalue weighted by Gasteiger charge is 2.38. The van der Waals surface area contributed by atoms with Crippen LogP contribution in [0.15, 0.2) is 12.1 Å². The van der Waals surface area contributed by atoms with Crippen molar-refractivity contribution in [1.82, 2.24) is 5.32 Å². The summed E-state index contributed by atoms with van der Waals surface area (Å²) in [4.78, 5) is 31.6. The minimum absolute atomic E-state index is 0.132. The van der Waals surface area contributed by atoms with Gasteiger partial charge in [-0.2, -0.15) is 13.2 Å². The minimum Gasteiger partial charge on any atom is -0.493 e. The Bertz CT molecular complexity index is 747. The summed E-state index contributed by atoms with van der Waals surface area (Å²) in [5.41, 5.74) is 0.360. The number of carboxylic acids is 2. The van der Waals surface area contributed by atoms with Crippen LogP contribution in [-0.2, 0) is 9.59 Å². The van der Waals surface area contributed by atoms with Crippen LogP contribution in [0.2, 0.25) is 0 Å². The molecule has 0 spiro atoms. The average molecular weight is 489 g/mol. The van der Waals surface area contributed by atoms with Crippen molar-refractivity contribution in [3.05, 3.63) is 17.7 Å². The van der Waals surface area contributed by atoms with Crippen LogP contribution < -0.4 is 19.5 Å². The second-order valence-corrected chi connectivity index (χ2v) is 7.93. The molecule has 0 aliphatic carbocycles. The molecule has 0 saturated heterocycles. The first-order valence-electron chi connectivity index (χ1n) is 8.33. The third-order valence-corrected chi connectivity index (χ3v) is 5.55. The Morgan fingerprint density at radius 2 is 1.52 bits per heavy atom. The molecular formula is C17H22F3NO8S2. The first kappa shape index (κ1) is 28.5. The second kappa shape index (κ2) is 14.5. The molecule has 0 saturated carbocycles. The molecule has 176 valence electrons. The summed E-state index contributed by atoms with van der Waals surface area (Å²) in [6.07, 6.45) is -4.95. The Morgan fingerprint density at radius 3 is 1.97 bits per heavy atom. The van der Waals surface area contributed by atoms with Crippen molar-refractivity contribution >= 4 is 39.4 Å². The van der Waals surface area contributed by atoms with E-state index in [2.05, 4.69) is 5.32 Å². The van der Waals surface area contributed by atoms with Gasteiger partial charge >= 0.3 is 18.1 Å². The zero-order valence-corrected chi connectivity index (χ0v) is 18.4. The van der Waals surface area contributed by atoms with Gasteiger partial charge in [-0.3, -0.25) is 9.59 Å². The van der Waals surface area contributed by atoms with Crippen LogP contribution in [0.5, 0.6) is 17.2 Å². The highest BCUT2D eigenvalue weighted by atomic mass is 33.1. The molecule has 31 heavy (non-hydrogen) atoms. The fourth-order valence-electron chi connectivity index (χ4n) is 1.83. The summed E-state index contributed by atoms with van der Waals surface area (Å²) < 4.78 is 47.5. The van der Waals surface area contributed by atoms with Gasteiger partial charge in [-0.1, -0.05) is 21.6 Å². The zero-order chi connectivity index (χ0) is 24.0. The molecule has 0 aliphatic rings. The Labute approximate surface area is 184 Å². The number of alkyl halides is 3. The normalized spacial score (nSPS) is 10.4. The predicted molar refractivity (Wildman–Crippen MR) is 109 cm³/mol. The molecule has 0 aliphatic heterocycles. The molecule has 1 rings (SSSR count). The van der Waals surface area contributed by atoms with Crippen LogP contribution in [0.4, 0.5) is 13.2 Å². The Balaban J connectivity index is 0.00000110. The average Bonchev–Trinajstić information content (AvgIpc) is 2.70. The molecule has 0 radical (unpaired) electrons. The van der Waals surface area contributed by atoms with Crippen molar-refractivity contribution in [3.63, 3.8) is 0 Å². The minimum atomic E-state index is -5.08. The van der Waals surface area contributed by atoms with Crippen molar-refractivity contribution in [2.24, 2.45) is 0 Å². The van der Waals surface area contributed by atoms with Gasteiger partial charge in [0.05, 0.1) is 33.3 Å². The lowest BCUT2D eigenvalue weighted by atomic mass is 10.1. The first-order valence-corrected chi connectivity index (χ1v) is 10.8. The van der Waals surface area contributed by atoms with Gasteiger partial charge in [-0.15, -0.1) is 0 Å². The van der Waals surface area contributed by atoms with Gasteiger partial charge in [0.25, 0.3) is 5.91 Å². The number of ether oxygens (including phenoxy) is 3. The SMILES string of the molecule is COc1ccc(C(=O)NCCSSCCC(=O)O)c(OC)c1OC.O=C(O)C(F)(F)F. The monoisotopic (exact) mass is 489 g/mol. The Kier molecular flexibility index (Phi) is 13.4. The third-order valence-electron chi connectivity index (χ3n) is 3.14. The molecule has 0 bridgehead atoms. The van der Waals surface area contributed by atoms with E-state index in [9.17, 15) is 22.8 Å². The van der Waals surface area contributed by atoms with E-state index < -0.39 is 18.1 Å². The molecule has 3 N–H and O–H groups in total. The third kappa shape index (κ3) is 10.9. The molecule has 1 amide bonds. The lowest BCUT2D eigenvalue weighted by Crippen LogP contribution is -2.26. The highest BCUT2D eigenvalue weighted by molar-refractivity contribution is 8.76. The van der Waals surface area contributed by atoms with Gasteiger partial charge in [0.1, 0.15) is 0 Å². The number of carbonyl (C=O) groups is 3. The van der Waals surface area contributed by atoms with Crippen molar-refractivity contribution in [2.45, 2.75) is 12.6 Å². The number of nitrogens with one attached hydrogen (secondary N) is 1. The summed E-state index contributed by atoms with van der Waals surface area (Å²) in [5, 5.41) is 18.5. The lowest BCUT2D eigenvalue weighted by Gasteiger charge is -2.15. The van der Waals surface area contributed by atoms with E-state index in [0.29, 0.717) is 40.9 Å². The van der Waals surface area contributed by atoms with Gasteiger partial charge in [0.2, 0.25) is 5.75 Å². The van der Waals surface area contributed by atoms with Crippen LogP contribution in [-0.4, -0.2) is 73.6 Å². The van der Waals surface area contributed by atoms with Gasteiger partial charge in [0.15, 0.2) is 11.5 Å². The molecule has 0 fully saturated rings. The summed E-state index contributed by atoms with van der Waals surface area (Å²) in [7, 11) is 7.44. The lowest BCUT2D eigenvalue weighted by molar-refractivity contribution is -0.192. The van der Waals surface area contributed by atoms with E-state index in [0.717, 1.165) is 0 Å². The summed E-state index contributed by atoms with van der Waals surface area (Å²) in [6.45, 7) is 0.459. The fourth-order valence-corrected chi connectivity index (χ4v) is 3.71. The number of aliphatic carboxylic acids is 2. The second-order valence-electron chi connectivity index (χ2n) is 5.23. The quantitative estimate of drug-likeness (QED) is 0.315. The number of methoxy groups -OCH3 is 3. The van der Waals surface area contributed by atoms with Crippen LogP contribution in [0, 0.1) is 0 Å². The van der Waals surface area contributed by atoms with Crippen LogP contribution in [0.3, 0.4) is 0 Å². The highest BCUT2D eigenvalue weighted by Crippen LogP contribution is 2.39. The van der Waals surface area contributed by atoms with Crippen molar-refractivity contribution in [1.29, 1.82) is 0 Å². The molecule has 1 aromatic carbocycles. The molecule has 0 unspecified atom stereocenters. The van der Waals surface area contributed by atoms with Crippen LogP contribution in [0.25, 0.3) is 0 Å². The smallest absolute Gasteiger partial charge is 0.490 e. The van der Waals surface area contributed by atoms with E-state index in [1.807, 2.05) is 0 Å². The van der Waals surface area contributed by atoms with Gasteiger partial charge in [0, 0.05) is 18.1 Å². The number of rotatable bonds is 11. The van der Waals surface area contributed by atoms with E-state index in [4.69, 9.17) is 29.2 Å². The van der Waals surface area contributed by atoms with E-state index in [1.165, 1.54) is 42.9 Å². The van der Waals surface area contributed by atoms with E-state index in [-0.39, 0.29) is 12.3 Å². The summed E-state index contributed by atoms with van der Waals surface area (Å²) in [6, 6.07) is 3.26. The number of carbonyl (C=O) groups excluding carboxylic acids is 1. The number of amides is 1. The van der Waals surface area contributed by atoms with Gasteiger partial charge in [-0.25, -0.2) is 4.79 Å². The zero-order valence-electron chi connectivity index (χ0n) is 16.8. The Morgan fingerprint density at radius 1 is 0.968 bits per heavy atom. The molecule has 0 aromatic heterocycles. The molecule has 0 atom stereocenters. The number of hydrogen-bond acceptors (Lipinski definition) is 8. The molecule has 0 heterocycles. The standard InChI is InChI=1S/C15H21NO6S2.C2HF3O2/c1-20-11-5-4-10(13(21-2)14(11)22-3)15(19)16-7-9-24-23-8-6-12(17)18;3-2(4,5)1(6)7/h4-5H,6-9H2,1-3H3,(H,16,19)(H,17,18);(H,6,7). The molecular weight excluding hydrogens is 467 g/mol. The Hall–Kier alpha value is -2.48. The molecule has 1 aromatic rings. The maximum absolute atomic E-state index is 12.3. The van der Waals surface area contributed by atoms with Crippen molar-refractivity contribution in [3.8, 4) is 17.2 Å². The fraction of sp³-hybridized carbons (Fsp3) is 0.471. The van der Waals surface area contributed by atoms with E-state index >= 15 is 0 Å². The van der Waals surface area contributed by atoms with Crippen LogP contribution >= 0.6 is 21.6 Å². The van der Waals surface area contributed by atoms with Crippen molar-refractivity contribution < 1.29 is 52.0 Å². The van der Waals surface area contributed by atoms with Gasteiger partial charge in [-0.05, 0) is 12.1 Å². The maximum Gasteiger partial charge on any atom is 0.490 e. The number of benzene rings is 1. The number of carboxylic acid groups (broad SMARTS) is 2. The topological polar surface area (TPSA) is 131 Å². The predicted octanol–water partition coefficient (Wildman–Crippen LogP) is 2.93. The number of hydrogen-bond donors (Lipinski definition) is 3. The largest absolute Gasteiger partial charge is 0.493 e. The summed E-state index contributed by atoms with van der Waals surface area (Å²) >= 11 is 0. The van der Waals surface area contributed by atoms with Gasteiger partial charge < -0.3 is 29.7 Å². The first-order chi connectivity index (χ1) is 14.5. The van der Waals surface area contributed by atoms with E-state index in [1.54, 1.807) is 12.1 Å². The molecule has 9 nitrogen and oxygen atoms in total. The summed E-state index contributed by atoms with van der Waals surface area (Å²) in [5.74, 6) is -1.46. The maximum atomic E-state index is 12.3. The number of halogens is 3. The van der Waals surface area contributed by atoms with Crippen LogP contribution in [0.1, 0.15) is 16.8 Å². The van der Waals surface area contributed by atoms with Crippen molar-refractivity contribution in [2.75, 3.05) is 39.4 Å². The molecule has 14 heteroatoms.